The summed E-state index contributed by atoms with van der Waals surface area (Å²) in [4.78, 5) is 14.2. The Morgan fingerprint density at radius 1 is 1.40 bits per heavy atom. The molecular weight excluding hydrogens is 279 g/mol. The van der Waals surface area contributed by atoms with Crippen molar-refractivity contribution < 1.29 is 9.18 Å². The van der Waals surface area contributed by atoms with Gasteiger partial charge in [0.2, 0.25) is 5.91 Å². The summed E-state index contributed by atoms with van der Waals surface area (Å²) in [7, 11) is 0. The number of carbonyl (C=O) groups excluding carboxylic acids is 1. The summed E-state index contributed by atoms with van der Waals surface area (Å²) in [6.07, 6.45) is 1.21. The van der Waals surface area contributed by atoms with Crippen LogP contribution in [-0.2, 0) is 4.79 Å². The second kappa shape index (κ2) is 6.55. The number of anilines is 1. The molecule has 0 radical (unpaired) electrons. The molecule has 1 saturated heterocycles. The van der Waals surface area contributed by atoms with Crippen LogP contribution in [0, 0.1) is 17.7 Å². The summed E-state index contributed by atoms with van der Waals surface area (Å²) in [6, 6.07) is 4.19. The van der Waals surface area contributed by atoms with Crippen molar-refractivity contribution in [2.75, 3.05) is 25.0 Å². The number of rotatable bonds is 3. The number of hydrogen-bond acceptors (Lipinski definition) is 2. The fraction of sp³-hybridized carbons (Fsp3) is 0.533. The third-order valence-corrected chi connectivity index (χ3v) is 3.80. The van der Waals surface area contributed by atoms with Gasteiger partial charge in [-0.05, 0) is 36.5 Å². The van der Waals surface area contributed by atoms with E-state index in [2.05, 4.69) is 24.1 Å². The highest BCUT2D eigenvalue weighted by Gasteiger charge is 2.23. The first-order valence-corrected chi connectivity index (χ1v) is 7.29. The third-order valence-electron chi connectivity index (χ3n) is 3.52. The fourth-order valence-electron chi connectivity index (χ4n) is 2.90. The van der Waals surface area contributed by atoms with Gasteiger partial charge in [-0.15, -0.1) is 0 Å². The van der Waals surface area contributed by atoms with Crippen LogP contribution in [0.3, 0.4) is 0 Å². The average molecular weight is 299 g/mol. The number of carbonyl (C=O) groups is 1. The number of hydrogen-bond donors (Lipinski definition) is 1. The Labute approximate surface area is 124 Å². The lowest BCUT2D eigenvalue weighted by atomic mass is 9.92. The summed E-state index contributed by atoms with van der Waals surface area (Å²) >= 11 is 5.69. The number of halogens is 2. The van der Waals surface area contributed by atoms with Crippen LogP contribution in [0.4, 0.5) is 10.1 Å². The summed E-state index contributed by atoms with van der Waals surface area (Å²) < 4.78 is 13.0. The average Bonchev–Trinajstić information content (AvgIpc) is 2.32. The molecule has 0 bridgehead atoms. The van der Waals surface area contributed by atoms with Crippen molar-refractivity contribution in [3.63, 3.8) is 0 Å². The molecule has 110 valence electrons. The predicted molar refractivity (Wildman–Crippen MR) is 79.4 cm³/mol. The normalized spacial score (nSPS) is 23.6. The zero-order valence-electron chi connectivity index (χ0n) is 11.8. The Balaban J connectivity index is 1.90. The van der Waals surface area contributed by atoms with Crippen molar-refractivity contribution in [3.8, 4) is 0 Å². The molecule has 5 heteroatoms. The number of amides is 1. The Morgan fingerprint density at radius 2 is 2.05 bits per heavy atom. The number of nitrogens with zero attached hydrogens (tertiary/aromatic N) is 1. The van der Waals surface area contributed by atoms with Crippen LogP contribution in [0.25, 0.3) is 0 Å². The van der Waals surface area contributed by atoms with Crippen molar-refractivity contribution in [2.45, 2.75) is 20.3 Å². The summed E-state index contributed by atoms with van der Waals surface area (Å²) in [5.74, 6) is 0.663. The lowest BCUT2D eigenvalue weighted by Crippen LogP contribution is -2.42. The third kappa shape index (κ3) is 4.18. The maximum atomic E-state index is 13.0. The molecule has 0 unspecified atom stereocenters. The highest BCUT2D eigenvalue weighted by molar-refractivity contribution is 6.31. The Morgan fingerprint density at radius 3 is 2.65 bits per heavy atom. The number of nitrogens with one attached hydrogen (secondary N) is 1. The van der Waals surface area contributed by atoms with Gasteiger partial charge >= 0.3 is 0 Å². The SMILES string of the molecule is C[C@@H]1C[C@@H](C)CN(CC(=O)Nc2ccc(F)c(Cl)c2)C1. The number of piperidine rings is 1. The molecule has 1 aliphatic heterocycles. The largest absolute Gasteiger partial charge is 0.325 e. The van der Waals surface area contributed by atoms with E-state index in [1.807, 2.05) is 0 Å². The molecule has 1 amide bonds. The van der Waals surface area contributed by atoms with Gasteiger partial charge in [0, 0.05) is 18.8 Å². The van der Waals surface area contributed by atoms with Gasteiger partial charge in [-0.3, -0.25) is 9.69 Å². The highest BCUT2D eigenvalue weighted by Crippen LogP contribution is 2.21. The zero-order chi connectivity index (χ0) is 14.7. The predicted octanol–water partition coefficient (Wildman–Crippen LogP) is 3.40. The maximum Gasteiger partial charge on any atom is 0.238 e. The number of benzene rings is 1. The second-order valence-electron chi connectivity index (χ2n) is 5.82. The van der Waals surface area contributed by atoms with Crippen LogP contribution in [0.15, 0.2) is 18.2 Å². The van der Waals surface area contributed by atoms with E-state index in [0.29, 0.717) is 24.1 Å². The van der Waals surface area contributed by atoms with Crippen molar-refractivity contribution in [1.82, 2.24) is 4.90 Å². The molecule has 0 saturated carbocycles. The molecule has 0 aromatic heterocycles. The van der Waals surface area contributed by atoms with Crippen LogP contribution in [-0.4, -0.2) is 30.4 Å². The van der Waals surface area contributed by atoms with E-state index in [1.165, 1.54) is 24.6 Å². The van der Waals surface area contributed by atoms with Gasteiger partial charge < -0.3 is 5.32 Å². The monoisotopic (exact) mass is 298 g/mol. The summed E-state index contributed by atoms with van der Waals surface area (Å²) in [5.41, 5.74) is 0.527. The molecule has 1 N–H and O–H groups in total. The first kappa shape index (κ1) is 15.3. The minimum atomic E-state index is -0.483. The highest BCUT2D eigenvalue weighted by atomic mass is 35.5. The molecule has 2 atom stereocenters. The fourth-order valence-corrected chi connectivity index (χ4v) is 3.08. The smallest absolute Gasteiger partial charge is 0.238 e. The van der Waals surface area contributed by atoms with E-state index in [-0.39, 0.29) is 10.9 Å². The van der Waals surface area contributed by atoms with Crippen LogP contribution in [0.2, 0.25) is 5.02 Å². The first-order valence-electron chi connectivity index (χ1n) is 6.91. The topological polar surface area (TPSA) is 32.3 Å². The molecule has 1 aromatic carbocycles. The Bertz CT molecular complexity index is 485. The Hall–Kier alpha value is -1.13. The van der Waals surface area contributed by atoms with Crippen LogP contribution >= 0.6 is 11.6 Å². The minimum Gasteiger partial charge on any atom is -0.325 e. The Kier molecular flexibility index (Phi) is 5.00. The maximum absolute atomic E-state index is 13.0. The lowest BCUT2D eigenvalue weighted by Gasteiger charge is -2.34. The molecule has 0 spiro atoms. The van der Waals surface area contributed by atoms with E-state index < -0.39 is 5.82 Å². The van der Waals surface area contributed by atoms with Crippen molar-refractivity contribution in [2.24, 2.45) is 11.8 Å². The van der Waals surface area contributed by atoms with E-state index in [1.54, 1.807) is 0 Å². The van der Waals surface area contributed by atoms with E-state index in [4.69, 9.17) is 11.6 Å². The minimum absolute atomic E-state index is 0.0167. The van der Waals surface area contributed by atoms with Gasteiger partial charge in [-0.25, -0.2) is 4.39 Å². The first-order chi connectivity index (χ1) is 9.44. The van der Waals surface area contributed by atoms with Gasteiger partial charge in [0.05, 0.1) is 11.6 Å². The molecule has 1 heterocycles. The summed E-state index contributed by atoms with van der Waals surface area (Å²) in [6.45, 7) is 6.67. The van der Waals surface area contributed by atoms with Crippen LogP contribution in [0.5, 0.6) is 0 Å². The number of likely N-dealkylation sites (tertiary alicyclic amines) is 1. The molecule has 3 nitrogen and oxygen atoms in total. The van der Waals surface area contributed by atoms with Crippen LogP contribution < -0.4 is 5.32 Å². The molecule has 1 aliphatic rings. The molecule has 20 heavy (non-hydrogen) atoms. The zero-order valence-corrected chi connectivity index (χ0v) is 12.6. The van der Waals surface area contributed by atoms with Crippen molar-refractivity contribution in [1.29, 1.82) is 0 Å². The van der Waals surface area contributed by atoms with E-state index >= 15 is 0 Å². The quantitative estimate of drug-likeness (QED) is 0.927. The molecule has 1 fully saturated rings. The van der Waals surface area contributed by atoms with E-state index in [9.17, 15) is 9.18 Å². The van der Waals surface area contributed by atoms with Gasteiger partial charge in [-0.2, -0.15) is 0 Å². The van der Waals surface area contributed by atoms with Gasteiger partial charge in [0.15, 0.2) is 0 Å². The van der Waals surface area contributed by atoms with Gasteiger partial charge in [0.25, 0.3) is 0 Å². The standard InChI is InChI=1S/C15H20ClFN2O/c1-10-5-11(2)8-19(7-10)9-15(20)18-12-3-4-14(17)13(16)6-12/h3-4,6,10-11H,5,7-9H2,1-2H3,(H,18,20)/t10-,11-/m1/s1. The molecule has 1 aromatic rings. The van der Waals surface area contributed by atoms with Crippen molar-refractivity contribution >= 4 is 23.2 Å². The molecule has 0 aliphatic carbocycles. The van der Waals surface area contributed by atoms with Gasteiger partial charge in [-0.1, -0.05) is 25.4 Å². The molecule has 2 rings (SSSR count). The van der Waals surface area contributed by atoms with Crippen LogP contribution in [0.1, 0.15) is 20.3 Å². The van der Waals surface area contributed by atoms with Crippen molar-refractivity contribution in [3.05, 3.63) is 29.0 Å². The lowest BCUT2D eigenvalue weighted by molar-refractivity contribution is -0.117. The molecular formula is C15H20ClFN2O. The van der Waals surface area contributed by atoms with Gasteiger partial charge in [0.1, 0.15) is 5.82 Å². The van der Waals surface area contributed by atoms with E-state index in [0.717, 1.165) is 13.1 Å². The second-order valence-corrected chi connectivity index (χ2v) is 6.22. The summed E-state index contributed by atoms with van der Waals surface area (Å²) in [5, 5.41) is 2.77.